The Hall–Kier alpha value is -0.890. The van der Waals surface area contributed by atoms with E-state index in [4.69, 9.17) is 0 Å². The number of aromatic nitrogens is 1. The average Bonchev–Trinajstić information content (AvgIpc) is 2.19. The van der Waals surface area contributed by atoms with Crippen LogP contribution in [0.25, 0.3) is 0 Å². The van der Waals surface area contributed by atoms with E-state index < -0.39 is 0 Å². The first kappa shape index (κ1) is 10.2. The molecule has 1 N–H and O–H groups in total. The highest BCUT2D eigenvalue weighted by Gasteiger charge is 2.06. The normalized spacial score (nSPS) is 15.3. The predicted molar refractivity (Wildman–Crippen MR) is 55.5 cm³/mol. The SMILES string of the molecule is CCC(C)N[C@H](C)c1cccnc1. The topological polar surface area (TPSA) is 24.9 Å². The number of hydrogen-bond acceptors (Lipinski definition) is 2. The summed E-state index contributed by atoms with van der Waals surface area (Å²) in [6.45, 7) is 6.56. The minimum Gasteiger partial charge on any atom is -0.308 e. The van der Waals surface area contributed by atoms with Crippen molar-refractivity contribution in [1.29, 1.82) is 0 Å². The first-order valence-corrected chi connectivity index (χ1v) is 4.90. The number of nitrogens with zero attached hydrogens (tertiary/aromatic N) is 1. The third kappa shape index (κ3) is 3.15. The molecule has 0 radical (unpaired) electrons. The van der Waals surface area contributed by atoms with Crippen molar-refractivity contribution in [3.8, 4) is 0 Å². The van der Waals surface area contributed by atoms with Gasteiger partial charge in [-0.2, -0.15) is 0 Å². The smallest absolute Gasteiger partial charge is 0.0315 e. The Bertz CT molecular complexity index is 233. The molecule has 1 heterocycles. The predicted octanol–water partition coefficient (Wildman–Crippen LogP) is 2.53. The molecule has 1 unspecified atom stereocenters. The van der Waals surface area contributed by atoms with Crippen molar-refractivity contribution in [2.24, 2.45) is 0 Å². The Morgan fingerprint density at radius 1 is 1.46 bits per heavy atom. The van der Waals surface area contributed by atoms with Crippen molar-refractivity contribution >= 4 is 0 Å². The minimum atomic E-state index is 0.392. The van der Waals surface area contributed by atoms with Gasteiger partial charge in [-0.05, 0) is 31.9 Å². The van der Waals surface area contributed by atoms with Gasteiger partial charge in [-0.15, -0.1) is 0 Å². The average molecular weight is 178 g/mol. The van der Waals surface area contributed by atoms with Gasteiger partial charge in [0.15, 0.2) is 0 Å². The highest BCUT2D eigenvalue weighted by atomic mass is 14.9. The van der Waals surface area contributed by atoms with Crippen LogP contribution in [0.3, 0.4) is 0 Å². The van der Waals surface area contributed by atoms with Crippen molar-refractivity contribution in [3.63, 3.8) is 0 Å². The summed E-state index contributed by atoms with van der Waals surface area (Å²) in [7, 11) is 0. The molecular weight excluding hydrogens is 160 g/mol. The Kier molecular flexibility index (Phi) is 3.90. The maximum absolute atomic E-state index is 4.10. The monoisotopic (exact) mass is 178 g/mol. The molecule has 0 aliphatic carbocycles. The third-order valence-corrected chi connectivity index (χ3v) is 2.33. The van der Waals surface area contributed by atoms with Crippen LogP contribution in [-0.4, -0.2) is 11.0 Å². The molecule has 1 aromatic heterocycles. The molecule has 2 atom stereocenters. The molecule has 0 aromatic carbocycles. The zero-order valence-electron chi connectivity index (χ0n) is 8.62. The zero-order chi connectivity index (χ0) is 9.68. The van der Waals surface area contributed by atoms with Gasteiger partial charge in [-0.1, -0.05) is 13.0 Å². The molecule has 13 heavy (non-hydrogen) atoms. The summed E-state index contributed by atoms with van der Waals surface area (Å²) in [6, 6.07) is 5.04. The molecule has 2 heteroatoms. The van der Waals surface area contributed by atoms with E-state index in [1.165, 1.54) is 5.56 Å². The summed E-state index contributed by atoms with van der Waals surface area (Å²) < 4.78 is 0. The zero-order valence-corrected chi connectivity index (χ0v) is 8.62. The summed E-state index contributed by atoms with van der Waals surface area (Å²) in [5.41, 5.74) is 1.25. The fourth-order valence-corrected chi connectivity index (χ4v) is 1.27. The van der Waals surface area contributed by atoms with Crippen LogP contribution in [0.1, 0.15) is 38.8 Å². The van der Waals surface area contributed by atoms with Crippen LogP contribution in [0.15, 0.2) is 24.5 Å². The number of hydrogen-bond donors (Lipinski definition) is 1. The molecule has 0 amide bonds. The number of nitrogens with one attached hydrogen (secondary N) is 1. The summed E-state index contributed by atoms with van der Waals surface area (Å²) in [6.07, 6.45) is 4.88. The molecule has 0 aliphatic heterocycles. The van der Waals surface area contributed by atoms with E-state index >= 15 is 0 Å². The Balaban J connectivity index is 2.53. The first-order valence-electron chi connectivity index (χ1n) is 4.90. The lowest BCUT2D eigenvalue weighted by Crippen LogP contribution is -2.28. The minimum absolute atomic E-state index is 0.392. The second-order valence-corrected chi connectivity index (χ2v) is 3.48. The van der Waals surface area contributed by atoms with Crippen LogP contribution in [0, 0.1) is 0 Å². The van der Waals surface area contributed by atoms with Crippen LogP contribution in [0.4, 0.5) is 0 Å². The highest BCUT2D eigenvalue weighted by Crippen LogP contribution is 2.11. The quantitative estimate of drug-likeness (QED) is 0.766. The molecule has 0 aliphatic rings. The first-order chi connectivity index (χ1) is 6.24. The standard InChI is InChI=1S/C11H18N2/c1-4-9(2)13-10(3)11-6-5-7-12-8-11/h5-10,13H,4H2,1-3H3/t9?,10-/m1/s1. The molecule has 2 nitrogen and oxygen atoms in total. The van der Waals surface area contributed by atoms with Gasteiger partial charge in [0.1, 0.15) is 0 Å². The van der Waals surface area contributed by atoms with E-state index in [-0.39, 0.29) is 0 Å². The van der Waals surface area contributed by atoms with Crippen LogP contribution in [-0.2, 0) is 0 Å². The van der Waals surface area contributed by atoms with Gasteiger partial charge in [0.25, 0.3) is 0 Å². The Morgan fingerprint density at radius 2 is 2.23 bits per heavy atom. The van der Waals surface area contributed by atoms with Gasteiger partial charge < -0.3 is 5.32 Å². The highest BCUT2D eigenvalue weighted by molar-refractivity contribution is 5.12. The van der Waals surface area contributed by atoms with E-state index in [1.54, 1.807) is 6.20 Å². The van der Waals surface area contributed by atoms with E-state index in [0.29, 0.717) is 12.1 Å². The Labute approximate surface area is 80.4 Å². The van der Waals surface area contributed by atoms with Crippen LogP contribution in [0.2, 0.25) is 0 Å². The fraction of sp³-hybridized carbons (Fsp3) is 0.545. The maximum Gasteiger partial charge on any atom is 0.0315 e. The molecule has 0 saturated heterocycles. The molecule has 0 spiro atoms. The van der Waals surface area contributed by atoms with Gasteiger partial charge in [0.05, 0.1) is 0 Å². The lowest BCUT2D eigenvalue weighted by molar-refractivity contribution is 0.468. The van der Waals surface area contributed by atoms with E-state index in [1.807, 2.05) is 12.3 Å². The van der Waals surface area contributed by atoms with Crippen LogP contribution < -0.4 is 5.32 Å². The largest absolute Gasteiger partial charge is 0.308 e. The van der Waals surface area contributed by atoms with E-state index in [2.05, 4.69) is 37.1 Å². The third-order valence-electron chi connectivity index (χ3n) is 2.33. The Morgan fingerprint density at radius 3 is 2.77 bits per heavy atom. The molecule has 0 fully saturated rings. The summed E-state index contributed by atoms with van der Waals surface area (Å²) >= 11 is 0. The van der Waals surface area contributed by atoms with Crippen LogP contribution in [0.5, 0.6) is 0 Å². The lowest BCUT2D eigenvalue weighted by Gasteiger charge is -2.18. The van der Waals surface area contributed by atoms with Gasteiger partial charge in [-0.25, -0.2) is 0 Å². The fourth-order valence-electron chi connectivity index (χ4n) is 1.27. The lowest BCUT2D eigenvalue weighted by atomic mass is 10.1. The van der Waals surface area contributed by atoms with Gasteiger partial charge in [-0.3, -0.25) is 4.98 Å². The van der Waals surface area contributed by atoms with E-state index in [0.717, 1.165) is 6.42 Å². The molecule has 0 saturated carbocycles. The molecule has 1 rings (SSSR count). The van der Waals surface area contributed by atoms with Gasteiger partial charge >= 0.3 is 0 Å². The second-order valence-electron chi connectivity index (χ2n) is 3.48. The molecule has 72 valence electrons. The van der Waals surface area contributed by atoms with Crippen molar-refractivity contribution in [1.82, 2.24) is 10.3 Å². The van der Waals surface area contributed by atoms with Crippen molar-refractivity contribution in [2.45, 2.75) is 39.3 Å². The van der Waals surface area contributed by atoms with E-state index in [9.17, 15) is 0 Å². The van der Waals surface area contributed by atoms with Crippen molar-refractivity contribution < 1.29 is 0 Å². The van der Waals surface area contributed by atoms with Crippen LogP contribution >= 0.6 is 0 Å². The molecular formula is C11H18N2. The summed E-state index contributed by atoms with van der Waals surface area (Å²) in [5, 5.41) is 3.51. The molecule has 1 aromatic rings. The second kappa shape index (κ2) is 4.97. The summed E-state index contributed by atoms with van der Waals surface area (Å²) in [5.74, 6) is 0. The van der Waals surface area contributed by atoms with Gasteiger partial charge in [0, 0.05) is 24.5 Å². The number of rotatable bonds is 4. The summed E-state index contributed by atoms with van der Waals surface area (Å²) in [4.78, 5) is 4.10. The van der Waals surface area contributed by atoms with Crippen molar-refractivity contribution in [3.05, 3.63) is 30.1 Å². The van der Waals surface area contributed by atoms with Crippen molar-refractivity contribution in [2.75, 3.05) is 0 Å². The molecule has 0 bridgehead atoms. The maximum atomic E-state index is 4.10. The van der Waals surface area contributed by atoms with Gasteiger partial charge in [0.2, 0.25) is 0 Å². The number of pyridine rings is 1.